The van der Waals surface area contributed by atoms with Crippen LogP contribution in [0.2, 0.25) is 0 Å². The molecular weight excluding hydrogens is 383 g/mol. The van der Waals surface area contributed by atoms with Crippen LogP contribution in [-0.2, 0) is 10.3 Å². The lowest BCUT2D eigenvalue weighted by molar-refractivity contribution is 0.0420. The Morgan fingerprint density at radius 2 is 1.59 bits per heavy atom. The second-order valence-electron chi connectivity index (χ2n) is 5.73. The molecule has 4 rings (SSSR count). The molecule has 0 aliphatic carbocycles. The molecule has 3 aromatic carbocycles. The van der Waals surface area contributed by atoms with Crippen LogP contribution < -0.4 is 0 Å². The largest absolute Gasteiger partial charge is 0.364 e. The summed E-state index contributed by atoms with van der Waals surface area (Å²) in [6, 6.07) is 25.8. The lowest BCUT2D eigenvalue weighted by Gasteiger charge is -2.34. The van der Waals surface area contributed by atoms with Crippen molar-refractivity contribution < 1.29 is 4.74 Å². The zero-order valence-electron chi connectivity index (χ0n) is 12.2. The molecule has 1 aliphatic heterocycles. The maximum absolute atomic E-state index is 6.43. The lowest BCUT2D eigenvalue weighted by atomic mass is 9.81. The van der Waals surface area contributed by atoms with E-state index in [1.807, 2.05) is 0 Å². The summed E-state index contributed by atoms with van der Waals surface area (Å²) in [6.07, 6.45) is 1.08. The van der Waals surface area contributed by atoms with E-state index in [1.54, 1.807) is 0 Å². The molecule has 110 valence electrons. The van der Waals surface area contributed by atoms with Crippen molar-refractivity contribution >= 4 is 33.4 Å². The number of hydrogen-bond acceptors (Lipinski definition) is 1. The molecule has 0 saturated carbocycles. The monoisotopic (exact) mass is 400 g/mol. The van der Waals surface area contributed by atoms with E-state index in [0.717, 1.165) is 13.0 Å². The molecule has 0 aromatic heterocycles. The topological polar surface area (TPSA) is 9.23 Å². The average molecular weight is 400 g/mol. The third-order valence-corrected chi connectivity index (χ3v) is 6.03. The predicted octanol–water partition coefficient (Wildman–Crippen LogP) is 5.31. The summed E-state index contributed by atoms with van der Waals surface area (Å²) in [6.45, 7) is 0.811. The predicted molar refractivity (Wildman–Crippen MR) is 99.5 cm³/mol. The first-order valence-corrected chi connectivity index (χ1v) is 8.89. The van der Waals surface area contributed by atoms with Crippen molar-refractivity contribution in [1.82, 2.24) is 0 Å². The molecule has 3 aromatic rings. The molecule has 0 bridgehead atoms. The highest BCUT2D eigenvalue weighted by atomic mass is 127. The number of benzene rings is 3. The molecule has 0 amide bonds. The van der Waals surface area contributed by atoms with E-state index in [1.165, 1.54) is 21.9 Å². The van der Waals surface area contributed by atoms with Gasteiger partial charge in [0.25, 0.3) is 0 Å². The Kier molecular flexibility index (Phi) is 3.66. The van der Waals surface area contributed by atoms with Gasteiger partial charge >= 0.3 is 0 Å². The van der Waals surface area contributed by atoms with Gasteiger partial charge in [0.05, 0.1) is 3.92 Å². The minimum absolute atomic E-state index is 0.345. The van der Waals surface area contributed by atoms with Gasteiger partial charge in [0.15, 0.2) is 0 Å². The van der Waals surface area contributed by atoms with Gasteiger partial charge in [-0.1, -0.05) is 95.4 Å². The van der Waals surface area contributed by atoms with Crippen LogP contribution in [-0.4, -0.2) is 10.5 Å². The van der Waals surface area contributed by atoms with E-state index in [2.05, 4.69) is 95.4 Å². The number of hydrogen-bond donors (Lipinski definition) is 0. The van der Waals surface area contributed by atoms with Crippen molar-refractivity contribution in [3.05, 3.63) is 83.9 Å². The van der Waals surface area contributed by atoms with Crippen molar-refractivity contribution in [1.29, 1.82) is 0 Å². The fourth-order valence-electron chi connectivity index (χ4n) is 3.52. The molecular formula is C20H17IO. The number of halogens is 1. The van der Waals surface area contributed by atoms with E-state index in [4.69, 9.17) is 4.74 Å². The van der Waals surface area contributed by atoms with E-state index in [0.29, 0.717) is 3.92 Å². The molecule has 1 nitrogen and oxygen atoms in total. The Labute approximate surface area is 144 Å². The first-order valence-electron chi connectivity index (χ1n) is 7.64. The molecule has 22 heavy (non-hydrogen) atoms. The van der Waals surface area contributed by atoms with Gasteiger partial charge in [-0.2, -0.15) is 0 Å². The van der Waals surface area contributed by atoms with Gasteiger partial charge in [0.1, 0.15) is 5.60 Å². The van der Waals surface area contributed by atoms with Gasteiger partial charge in [-0.25, -0.2) is 0 Å². The number of alkyl halides is 1. The first kappa shape index (κ1) is 14.2. The van der Waals surface area contributed by atoms with Gasteiger partial charge in [0, 0.05) is 6.61 Å². The minimum atomic E-state index is -0.345. The molecule has 0 radical (unpaired) electrons. The van der Waals surface area contributed by atoms with E-state index in [-0.39, 0.29) is 5.60 Å². The van der Waals surface area contributed by atoms with Crippen LogP contribution in [0.15, 0.2) is 72.8 Å². The summed E-state index contributed by atoms with van der Waals surface area (Å²) >= 11 is 2.56. The molecule has 2 atom stereocenters. The molecule has 1 heterocycles. The molecule has 0 unspecified atom stereocenters. The normalized spacial score (nSPS) is 24.7. The van der Waals surface area contributed by atoms with Crippen LogP contribution in [0.5, 0.6) is 0 Å². The summed E-state index contributed by atoms with van der Waals surface area (Å²) in [4.78, 5) is 0. The van der Waals surface area contributed by atoms with Crippen LogP contribution in [0.25, 0.3) is 10.8 Å². The van der Waals surface area contributed by atoms with Crippen molar-refractivity contribution in [2.24, 2.45) is 0 Å². The molecule has 2 heteroatoms. The third kappa shape index (κ3) is 2.09. The highest BCUT2D eigenvalue weighted by Gasteiger charge is 2.46. The van der Waals surface area contributed by atoms with Gasteiger partial charge in [0.2, 0.25) is 0 Å². The number of rotatable bonds is 2. The Morgan fingerprint density at radius 3 is 2.36 bits per heavy atom. The summed E-state index contributed by atoms with van der Waals surface area (Å²) in [5.41, 5.74) is 2.19. The third-order valence-electron chi connectivity index (χ3n) is 4.53. The smallest absolute Gasteiger partial charge is 0.130 e. The SMILES string of the molecule is I[C@@H]1CCO[C@]1(c1ccccc1)c1cccc2ccccc12. The number of fused-ring (bicyclic) bond motifs is 1. The Hall–Kier alpha value is -1.39. The summed E-state index contributed by atoms with van der Waals surface area (Å²) < 4.78 is 6.85. The molecule has 1 fully saturated rings. The fraction of sp³-hybridized carbons (Fsp3) is 0.200. The van der Waals surface area contributed by atoms with Crippen molar-refractivity contribution in [3.8, 4) is 0 Å². The fourth-order valence-corrected chi connectivity index (χ4v) is 4.65. The van der Waals surface area contributed by atoms with E-state index >= 15 is 0 Å². The van der Waals surface area contributed by atoms with Crippen molar-refractivity contribution in [3.63, 3.8) is 0 Å². The Balaban J connectivity index is 2.03. The maximum Gasteiger partial charge on any atom is 0.130 e. The van der Waals surface area contributed by atoms with E-state index in [9.17, 15) is 0 Å². The van der Waals surface area contributed by atoms with Crippen molar-refractivity contribution in [2.45, 2.75) is 15.9 Å². The van der Waals surface area contributed by atoms with Crippen molar-refractivity contribution in [2.75, 3.05) is 6.61 Å². The lowest BCUT2D eigenvalue weighted by Crippen LogP contribution is -2.34. The standard InChI is InChI=1S/C20H17IO/c21-19-13-14-22-20(19,16-9-2-1-3-10-16)18-12-6-8-15-7-4-5-11-17(15)18/h1-12,19H,13-14H2/t19-,20-/m1/s1. The van der Waals surface area contributed by atoms with Gasteiger partial charge in [-0.15, -0.1) is 0 Å². The zero-order chi connectivity index (χ0) is 15.0. The molecule has 1 aliphatic rings. The van der Waals surface area contributed by atoms with Crippen LogP contribution >= 0.6 is 22.6 Å². The quantitative estimate of drug-likeness (QED) is 0.419. The zero-order valence-corrected chi connectivity index (χ0v) is 14.4. The minimum Gasteiger partial charge on any atom is -0.364 e. The average Bonchev–Trinajstić information content (AvgIpc) is 2.97. The molecule has 0 N–H and O–H groups in total. The summed E-state index contributed by atoms with van der Waals surface area (Å²) in [5, 5.41) is 2.56. The molecule has 1 saturated heterocycles. The second kappa shape index (κ2) is 5.67. The highest BCUT2D eigenvalue weighted by molar-refractivity contribution is 14.1. The summed E-state index contributed by atoms with van der Waals surface area (Å²) in [5.74, 6) is 0. The summed E-state index contributed by atoms with van der Waals surface area (Å²) in [7, 11) is 0. The van der Waals surface area contributed by atoms with Crippen LogP contribution in [0.3, 0.4) is 0 Å². The molecule has 0 spiro atoms. The van der Waals surface area contributed by atoms with Crippen LogP contribution in [0.1, 0.15) is 17.5 Å². The van der Waals surface area contributed by atoms with Gasteiger partial charge in [-0.3, -0.25) is 0 Å². The Morgan fingerprint density at radius 1 is 0.864 bits per heavy atom. The second-order valence-corrected chi connectivity index (χ2v) is 7.24. The van der Waals surface area contributed by atoms with Gasteiger partial charge in [-0.05, 0) is 28.3 Å². The van der Waals surface area contributed by atoms with Crippen LogP contribution in [0.4, 0.5) is 0 Å². The van der Waals surface area contributed by atoms with Crippen LogP contribution in [0, 0.1) is 0 Å². The number of ether oxygens (including phenoxy) is 1. The van der Waals surface area contributed by atoms with Gasteiger partial charge < -0.3 is 4.74 Å². The van der Waals surface area contributed by atoms with E-state index < -0.39 is 0 Å². The highest BCUT2D eigenvalue weighted by Crippen LogP contribution is 2.48. The first-order chi connectivity index (χ1) is 10.8. The Bertz CT molecular complexity index is 794. The maximum atomic E-state index is 6.43.